The summed E-state index contributed by atoms with van der Waals surface area (Å²) in [5.41, 5.74) is 0. The summed E-state index contributed by atoms with van der Waals surface area (Å²) in [5.74, 6) is 1.42. The fourth-order valence-electron chi connectivity index (χ4n) is 2.06. The van der Waals surface area contributed by atoms with Crippen LogP contribution in [-0.2, 0) is 17.9 Å². The van der Waals surface area contributed by atoms with Crippen molar-refractivity contribution in [3.63, 3.8) is 0 Å². The van der Waals surface area contributed by atoms with Crippen LogP contribution < -0.4 is 4.74 Å². The van der Waals surface area contributed by atoms with Gasteiger partial charge in [0.25, 0.3) is 0 Å². The molecule has 0 atom stereocenters. The van der Waals surface area contributed by atoms with Crippen LogP contribution in [0.2, 0.25) is 0 Å². The van der Waals surface area contributed by atoms with E-state index in [0.29, 0.717) is 31.6 Å². The molecular weight excluding hydrogens is 320 g/mol. The number of rotatable bonds is 9. The normalized spacial score (nSPS) is 11.1. The highest BCUT2D eigenvalue weighted by Gasteiger charge is 2.16. The molecule has 0 aliphatic rings. The first kappa shape index (κ1) is 18.9. The lowest BCUT2D eigenvalue weighted by Gasteiger charge is -2.21. The maximum absolute atomic E-state index is 12.4. The van der Waals surface area contributed by atoms with Crippen molar-refractivity contribution in [1.82, 2.24) is 30.0 Å². The van der Waals surface area contributed by atoms with Crippen molar-refractivity contribution in [2.75, 3.05) is 27.2 Å². The van der Waals surface area contributed by atoms with Crippen LogP contribution in [0.1, 0.15) is 19.7 Å². The zero-order valence-electron chi connectivity index (χ0n) is 15.3. The Morgan fingerprint density at radius 2 is 1.96 bits per heavy atom. The number of hydrogen-bond donors (Lipinski definition) is 0. The summed E-state index contributed by atoms with van der Waals surface area (Å²) < 4.78 is 7.17. The molecule has 0 saturated carbocycles. The standard InChI is InChI=1S/C17H26N6O2/c1-14(2)22(4)12-16-18-19-20-23(16)13-17(24)21(3)10-11-25-15-8-6-5-7-9-15/h5-9,14H,10-13H2,1-4H3. The van der Waals surface area contributed by atoms with Crippen LogP contribution in [0.15, 0.2) is 30.3 Å². The van der Waals surface area contributed by atoms with E-state index in [-0.39, 0.29) is 12.5 Å². The smallest absolute Gasteiger partial charge is 0.244 e. The number of ether oxygens (including phenoxy) is 1. The Hall–Kier alpha value is -2.48. The molecule has 2 rings (SSSR count). The van der Waals surface area contributed by atoms with Gasteiger partial charge in [-0.3, -0.25) is 9.69 Å². The Kier molecular flexibility index (Phi) is 6.88. The highest BCUT2D eigenvalue weighted by molar-refractivity contribution is 5.75. The van der Waals surface area contributed by atoms with Gasteiger partial charge in [-0.25, -0.2) is 4.68 Å². The second kappa shape index (κ2) is 9.12. The topological polar surface area (TPSA) is 76.4 Å². The first-order valence-electron chi connectivity index (χ1n) is 8.34. The number of hydrogen-bond acceptors (Lipinski definition) is 6. The fraction of sp³-hybridized carbons (Fsp3) is 0.529. The van der Waals surface area contributed by atoms with Gasteiger partial charge in [-0.15, -0.1) is 5.10 Å². The molecule has 0 spiro atoms. The molecular formula is C17H26N6O2. The third-order valence-corrected chi connectivity index (χ3v) is 4.03. The van der Waals surface area contributed by atoms with Gasteiger partial charge >= 0.3 is 0 Å². The van der Waals surface area contributed by atoms with Gasteiger partial charge < -0.3 is 9.64 Å². The highest BCUT2D eigenvalue weighted by atomic mass is 16.5. The molecule has 0 saturated heterocycles. The number of tetrazole rings is 1. The molecule has 1 aromatic heterocycles. The number of likely N-dealkylation sites (N-methyl/N-ethyl adjacent to an activating group) is 1. The fourth-order valence-corrected chi connectivity index (χ4v) is 2.06. The number of aromatic nitrogens is 4. The number of nitrogens with zero attached hydrogens (tertiary/aromatic N) is 6. The Morgan fingerprint density at radius 3 is 2.64 bits per heavy atom. The number of amides is 1. The highest BCUT2D eigenvalue weighted by Crippen LogP contribution is 2.08. The van der Waals surface area contributed by atoms with E-state index >= 15 is 0 Å². The lowest BCUT2D eigenvalue weighted by atomic mass is 10.3. The first-order valence-corrected chi connectivity index (χ1v) is 8.34. The lowest BCUT2D eigenvalue weighted by Crippen LogP contribution is -2.35. The van der Waals surface area contributed by atoms with Crippen molar-refractivity contribution in [3.05, 3.63) is 36.2 Å². The van der Waals surface area contributed by atoms with Crippen LogP contribution in [0, 0.1) is 0 Å². The largest absolute Gasteiger partial charge is 0.492 e. The molecule has 0 bridgehead atoms. The molecule has 0 aliphatic carbocycles. The minimum absolute atomic E-state index is 0.0580. The zero-order chi connectivity index (χ0) is 18.2. The molecule has 1 heterocycles. The zero-order valence-corrected chi connectivity index (χ0v) is 15.3. The molecule has 1 aromatic carbocycles. The summed E-state index contributed by atoms with van der Waals surface area (Å²) >= 11 is 0. The predicted molar refractivity (Wildman–Crippen MR) is 94.0 cm³/mol. The van der Waals surface area contributed by atoms with Crippen molar-refractivity contribution < 1.29 is 9.53 Å². The van der Waals surface area contributed by atoms with Gasteiger partial charge in [0.2, 0.25) is 5.91 Å². The SMILES string of the molecule is CC(C)N(C)Cc1nnnn1CC(=O)N(C)CCOc1ccccc1. The second-order valence-electron chi connectivity index (χ2n) is 6.24. The van der Waals surface area contributed by atoms with E-state index in [1.165, 1.54) is 0 Å². The number of benzene rings is 1. The van der Waals surface area contributed by atoms with Crippen molar-refractivity contribution in [2.45, 2.75) is 33.0 Å². The Labute approximate surface area is 148 Å². The minimum Gasteiger partial charge on any atom is -0.492 e. The number of para-hydroxylation sites is 1. The third kappa shape index (κ3) is 5.82. The van der Waals surface area contributed by atoms with Crippen LogP contribution in [0.4, 0.5) is 0 Å². The molecule has 0 radical (unpaired) electrons. The minimum atomic E-state index is -0.0580. The van der Waals surface area contributed by atoms with Gasteiger partial charge in [-0.1, -0.05) is 18.2 Å². The molecule has 0 N–H and O–H groups in total. The molecule has 0 fully saturated rings. The molecule has 8 nitrogen and oxygen atoms in total. The number of carbonyl (C=O) groups is 1. The summed E-state index contributed by atoms with van der Waals surface area (Å²) in [5, 5.41) is 11.6. The van der Waals surface area contributed by atoms with Crippen LogP contribution in [0.3, 0.4) is 0 Å². The van der Waals surface area contributed by atoms with E-state index in [4.69, 9.17) is 4.74 Å². The first-order chi connectivity index (χ1) is 12.0. The van der Waals surface area contributed by atoms with Gasteiger partial charge in [0.1, 0.15) is 18.9 Å². The molecule has 0 unspecified atom stereocenters. The Balaban J connectivity index is 1.82. The summed E-state index contributed by atoms with van der Waals surface area (Å²) in [6.07, 6.45) is 0. The van der Waals surface area contributed by atoms with Gasteiger partial charge in [0.15, 0.2) is 5.82 Å². The summed E-state index contributed by atoms with van der Waals surface area (Å²) in [4.78, 5) is 16.1. The van der Waals surface area contributed by atoms with E-state index in [1.807, 2.05) is 37.4 Å². The van der Waals surface area contributed by atoms with Gasteiger partial charge in [0, 0.05) is 13.1 Å². The predicted octanol–water partition coefficient (Wildman–Crippen LogP) is 1.05. The average Bonchev–Trinajstić information content (AvgIpc) is 3.02. The van der Waals surface area contributed by atoms with E-state index in [9.17, 15) is 4.79 Å². The average molecular weight is 346 g/mol. The molecule has 2 aromatic rings. The monoisotopic (exact) mass is 346 g/mol. The molecule has 25 heavy (non-hydrogen) atoms. The van der Waals surface area contributed by atoms with Gasteiger partial charge in [-0.05, 0) is 43.5 Å². The van der Waals surface area contributed by atoms with Crippen LogP contribution >= 0.6 is 0 Å². The van der Waals surface area contributed by atoms with E-state index < -0.39 is 0 Å². The maximum Gasteiger partial charge on any atom is 0.244 e. The van der Waals surface area contributed by atoms with Crippen LogP contribution in [0.5, 0.6) is 5.75 Å². The van der Waals surface area contributed by atoms with Crippen molar-refractivity contribution in [1.29, 1.82) is 0 Å². The van der Waals surface area contributed by atoms with E-state index in [0.717, 1.165) is 5.75 Å². The van der Waals surface area contributed by atoms with Crippen LogP contribution in [0.25, 0.3) is 0 Å². The second-order valence-corrected chi connectivity index (χ2v) is 6.24. The Morgan fingerprint density at radius 1 is 1.24 bits per heavy atom. The molecule has 136 valence electrons. The lowest BCUT2D eigenvalue weighted by molar-refractivity contribution is -0.131. The van der Waals surface area contributed by atoms with Gasteiger partial charge in [0.05, 0.1) is 13.1 Å². The quantitative estimate of drug-likeness (QED) is 0.675. The summed E-state index contributed by atoms with van der Waals surface area (Å²) in [7, 11) is 3.75. The van der Waals surface area contributed by atoms with Crippen molar-refractivity contribution >= 4 is 5.91 Å². The molecule has 0 aliphatic heterocycles. The Bertz CT molecular complexity index is 658. The van der Waals surface area contributed by atoms with E-state index in [1.54, 1.807) is 16.6 Å². The van der Waals surface area contributed by atoms with Crippen LogP contribution in [-0.4, -0.2) is 69.2 Å². The van der Waals surface area contributed by atoms with Crippen molar-refractivity contribution in [3.8, 4) is 5.75 Å². The maximum atomic E-state index is 12.4. The number of carbonyl (C=O) groups excluding carboxylic acids is 1. The van der Waals surface area contributed by atoms with E-state index in [2.05, 4.69) is 34.3 Å². The summed E-state index contributed by atoms with van der Waals surface area (Å²) in [6.45, 7) is 5.84. The third-order valence-electron chi connectivity index (χ3n) is 4.03. The molecule has 1 amide bonds. The van der Waals surface area contributed by atoms with Crippen molar-refractivity contribution in [2.24, 2.45) is 0 Å². The molecule has 8 heteroatoms. The summed E-state index contributed by atoms with van der Waals surface area (Å²) in [6, 6.07) is 9.91. The van der Waals surface area contributed by atoms with Gasteiger partial charge in [-0.2, -0.15) is 0 Å².